The van der Waals surface area contributed by atoms with Crippen molar-refractivity contribution >= 4 is 22.8 Å². The fourth-order valence-corrected chi connectivity index (χ4v) is 6.45. The summed E-state index contributed by atoms with van der Waals surface area (Å²) in [5.41, 5.74) is 5.99. The Morgan fingerprint density at radius 1 is 1.10 bits per heavy atom. The highest BCUT2D eigenvalue weighted by Crippen LogP contribution is 2.32. The quantitative estimate of drug-likeness (QED) is 0.337. The zero-order valence-corrected chi connectivity index (χ0v) is 24.3. The van der Waals surface area contributed by atoms with E-state index in [1.54, 1.807) is 18.0 Å². The number of amides is 2. The van der Waals surface area contributed by atoms with E-state index in [4.69, 9.17) is 4.74 Å². The van der Waals surface area contributed by atoms with E-state index in [2.05, 4.69) is 44.1 Å². The fraction of sp³-hybridized carbons (Fsp3) is 0.406. The van der Waals surface area contributed by atoms with Crippen molar-refractivity contribution in [2.45, 2.75) is 50.7 Å². The van der Waals surface area contributed by atoms with Gasteiger partial charge in [-0.2, -0.15) is 0 Å². The number of nitrogens with one attached hydrogen (secondary N) is 2. The Balaban J connectivity index is 1.17. The van der Waals surface area contributed by atoms with Gasteiger partial charge in [0.2, 0.25) is 11.8 Å². The number of rotatable bonds is 8. The van der Waals surface area contributed by atoms with Crippen LogP contribution in [-0.4, -0.2) is 69.0 Å². The molecule has 0 bridgehead atoms. The van der Waals surface area contributed by atoms with Gasteiger partial charge < -0.3 is 20.3 Å². The molecule has 0 aliphatic carbocycles. The molecule has 2 fully saturated rings. The zero-order chi connectivity index (χ0) is 29.2. The van der Waals surface area contributed by atoms with Crippen molar-refractivity contribution in [1.29, 1.82) is 0 Å². The molecule has 10 nitrogen and oxygen atoms in total. The molecule has 2 saturated heterocycles. The third-order valence-electron chi connectivity index (χ3n) is 8.72. The van der Waals surface area contributed by atoms with Crippen LogP contribution in [0.4, 0.5) is 0 Å². The van der Waals surface area contributed by atoms with Crippen LogP contribution in [0.1, 0.15) is 41.1 Å². The number of hydrogen-bond acceptors (Lipinski definition) is 7. The Hall–Kier alpha value is -4.31. The fourth-order valence-electron chi connectivity index (χ4n) is 6.45. The highest BCUT2D eigenvalue weighted by molar-refractivity contribution is 5.90. The average Bonchev–Trinajstić information content (AvgIpc) is 3.75. The second-order valence-corrected chi connectivity index (χ2v) is 11.5. The number of hydrogen-bond donors (Lipinski definition) is 2. The predicted molar refractivity (Wildman–Crippen MR) is 159 cm³/mol. The maximum atomic E-state index is 14.0. The summed E-state index contributed by atoms with van der Waals surface area (Å²) in [4.78, 5) is 33.9. The molecule has 2 amide bonds. The van der Waals surface area contributed by atoms with Crippen LogP contribution in [-0.2, 0) is 29.6 Å². The van der Waals surface area contributed by atoms with Gasteiger partial charge in [0.15, 0.2) is 0 Å². The minimum Gasteiger partial charge on any atom is -0.497 e. The summed E-state index contributed by atoms with van der Waals surface area (Å²) in [6, 6.07) is 17.1. The number of nitrogens with zero attached hydrogens (tertiary/aromatic N) is 5. The van der Waals surface area contributed by atoms with Gasteiger partial charge in [-0.1, -0.05) is 29.5 Å². The molecule has 4 unspecified atom stereocenters. The lowest BCUT2D eigenvalue weighted by Gasteiger charge is -2.27. The summed E-state index contributed by atoms with van der Waals surface area (Å²) in [5, 5.41) is 14.8. The first-order valence-corrected chi connectivity index (χ1v) is 14.5. The van der Waals surface area contributed by atoms with Crippen molar-refractivity contribution in [2.75, 3.05) is 20.2 Å². The molecule has 0 spiro atoms. The number of methoxy groups -OCH3 is 1. The van der Waals surface area contributed by atoms with E-state index in [9.17, 15) is 9.59 Å². The Kier molecular flexibility index (Phi) is 7.88. The molecule has 0 saturated carbocycles. The molecule has 42 heavy (non-hydrogen) atoms. The van der Waals surface area contributed by atoms with Crippen LogP contribution in [0.3, 0.4) is 0 Å². The highest BCUT2D eigenvalue weighted by atomic mass is 16.5. The lowest BCUT2D eigenvalue weighted by atomic mass is 9.95. The summed E-state index contributed by atoms with van der Waals surface area (Å²) in [6.07, 6.45) is 3.89. The summed E-state index contributed by atoms with van der Waals surface area (Å²) in [5.74, 6) is 1.07. The lowest BCUT2D eigenvalue weighted by Crippen LogP contribution is -2.51. The van der Waals surface area contributed by atoms with Crippen LogP contribution in [0.15, 0.2) is 60.8 Å². The van der Waals surface area contributed by atoms with Crippen molar-refractivity contribution in [3.8, 4) is 5.75 Å². The number of likely N-dealkylation sites (tertiary alicyclic amines) is 1. The first-order valence-electron chi connectivity index (χ1n) is 14.5. The molecule has 2 aliphatic rings. The van der Waals surface area contributed by atoms with Gasteiger partial charge in [-0.3, -0.25) is 14.6 Å². The Labute approximate surface area is 245 Å². The second-order valence-electron chi connectivity index (χ2n) is 11.5. The monoisotopic (exact) mass is 567 g/mol. The van der Waals surface area contributed by atoms with E-state index >= 15 is 0 Å². The van der Waals surface area contributed by atoms with Gasteiger partial charge in [0, 0.05) is 44.5 Å². The molecule has 2 aliphatic heterocycles. The number of carbonyl (C=O) groups is 2. The van der Waals surface area contributed by atoms with E-state index in [-0.39, 0.29) is 29.7 Å². The first-order chi connectivity index (χ1) is 20.4. The van der Waals surface area contributed by atoms with Crippen LogP contribution in [0.2, 0.25) is 0 Å². The number of carbonyl (C=O) groups excluding carboxylic acids is 2. The van der Waals surface area contributed by atoms with Gasteiger partial charge in [-0.15, -0.1) is 5.10 Å². The average molecular weight is 568 g/mol. The normalized spacial score (nSPS) is 22.0. The SMILES string of the molecule is COc1ccc(CC2CC(C(=O)NCc3ccc4c(c3)nnn4C)N(C(=O)C3CC(c4cccnc4C)CN3)C2)cc1. The largest absolute Gasteiger partial charge is 0.497 e. The van der Waals surface area contributed by atoms with Gasteiger partial charge in [0.1, 0.15) is 17.3 Å². The molecular weight excluding hydrogens is 530 g/mol. The van der Waals surface area contributed by atoms with Crippen molar-refractivity contribution in [2.24, 2.45) is 13.0 Å². The van der Waals surface area contributed by atoms with Crippen LogP contribution in [0.25, 0.3) is 11.0 Å². The number of benzene rings is 2. The van der Waals surface area contributed by atoms with Gasteiger partial charge in [0.05, 0.1) is 18.7 Å². The summed E-state index contributed by atoms with van der Waals surface area (Å²) >= 11 is 0. The van der Waals surface area contributed by atoms with Crippen LogP contribution in [0, 0.1) is 12.8 Å². The molecule has 10 heteroatoms. The molecular formula is C32H37N7O3. The molecule has 6 rings (SSSR count). The second kappa shape index (κ2) is 11.9. The van der Waals surface area contributed by atoms with Gasteiger partial charge in [0.25, 0.3) is 0 Å². The van der Waals surface area contributed by atoms with Crippen molar-refractivity contribution < 1.29 is 14.3 Å². The number of ether oxygens (including phenoxy) is 1. The summed E-state index contributed by atoms with van der Waals surface area (Å²) in [6.45, 7) is 3.63. The first kappa shape index (κ1) is 27.8. The van der Waals surface area contributed by atoms with E-state index in [1.807, 2.05) is 55.3 Å². The zero-order valence-electron chi connectivity index (χ0n) is 24.3. The van der Waals surface area contributed by atoms with Crippen molar-refractivity contribution in [3.05, 3.63) is 83.2 Å². The van der Waals surface area contributed by atoms with E-state index in [0.717, 1.165) is 40.0 Å². The third kappa shape index (κ3) is 5.72. The number of pyridine rings is 1. The Bertz CT molecular complexity index is 1580. The Morgan fingerprint density at radius 3 is 2.69 bits per heavy atom. The number of aromatic nitrogens is 4. The molecule has 4 atom stereocenters. The van der Waals surface area contributed by atoms with E-state index in [1.165, 1.54) is 5.56 Å². The smallest absolute Gasteiger partial charge is 0.243 e. The Morgan fingerprint density at radius 2 is 1.90 bits per heavy atom. The van der Waals surface area contributed by atoms with Crippen molar-refractivity contribution in [3.63, 3.8) is 0 Å². The van der Waals surface area contributed by atoms with E-state index < -0.39 is 6.04 Å². The number of fused-ring (bicyclic) bond motifs is 1. The van der Waals surface area contributed by atoms with E-state index in [0.29, 0.717) is 32.5 Å². The molecule has 218 valence electrons. The molecule has 4 aromatic rings. The maximum absolute atomic E-state index is 14.0. The molecule has 0 radical (unpaired) electrons. The summed E-state index contributed by atoms with van der Waals surface area (Å²) in [7, 11) is 3.51. The topological polar surface area (TPSA) is 114 Å². The minimum absolute atomic E-state index is 0.00240. The lowest BCUT2D eigenvalue weighted by molar-refractivity contribution is -0.139. The van der Waals surface area contributed by atoms with Gasteiger partial charge in [-0.25, -0.2) is 4.68 Å². The van der Waals surface area contributed by atoms with Crippen LogP contribution in [0.5, 0.6) is 5.75 Å². The predicted octanol–water partition coefficient (Wildman–Crippen LogP) is 2.90. The summed E-state index contributed by atoms with van der Waals surface area (Å²) < 4.78 is 7.03. The standard InChI is InChI=1S/C32H37N7O3/c1-20-26(5-4-12-33-20)24-16-28(34-18-24)32(41)39-19-23(13-21-6-9-25(42-3)10-7-21)15-30(39)31(40)35-17-22-8-11-29-27(14-22)36-37-38(29)2/h4-12,14,23-24,28,30,34H,13,15-19H2,1-3H3,(H,35,40). The van der Waals surface area contributed by atoms with Gasteiger partial charge in [-0.05, 0) is 79.1 Å². The molecule has 2 N–H and O–H groups in total. The maximum Gasteiger partial charge on any atom is 0.243 e. The van der Waals surface area contributed by atoms with Crippen LogP contribution < -0.4 is 15.4 Å². The molecule has 2 aromatic carbocycles. The number of aryl methyl sites for hydroxylation is 2. The van der Waals surface area contributed by atoms with Gasteiger partial charge >= 0.3 is 0 Å². The van der Waals surface area contributed by atoms with Crippen molar-refractivity contribution in [1.82, 2.24) is 35.5 Å². The molecule has 2 aromatic heterocycles. The minimum atomic E-state index is -0.526. The molecule has 4 heterocycles. The highest BCUT2D eigenvalue weighted by Gasteiger charge is 2.43. The van der Waals surface area contributed by atoms with Crippen LogP contribution >= 0.6 is 0 Å². The third-order valence-corrected chi connectivity index (χ3v) is 8.72.